The molecule has 1 heterocycles. The smallest absolute Gasteiger partial charge is 0.0798 e. The maximum Gasteiger partial charge on any atom is 0.0798 e. The van der Waals surface area contributed by atoms with Crippen molar-refractivity contribution in [1.82, 2.24) is 4.57 Å². The monoisotopic (exact) mass is 247 g/mol. The highest BCUT2D eigenvalue weighted by Crippen LogP contribution is 2.31. The average molecular weight is 247 g/mol. The molecule has 1 nitrogen and oxygen atoms in total. The second kappa shape index (κ2) is 2.57. The third kappa shape index (κ3) is 1.36. The molecule has 0 saturated heterocycles. The summed E-state index contributed by atoms with van der Waals surface area (Å²) in [7, 11) is 0. The summed E-state index contributed by atoms with van der Waals surface area (Å²) in [5.41, 5.74) is 0. The SMILES string of the molecule is Ic1cccn1CC1CC1. The predicted molar refractivity (Wildman–Crippen MR) is 49.9 cm³/mol. The molecule has 0 bridgehead atoms. The molecule has 1 aromatic heterocycles. The lowest BCUT2D eigenvalue weighted by Crippen LogP contribution is -1.98. The Morgan fingerprint density at radius 1 is 1.60 bits per heavy atom. The van der Waals surface area contributed by atoms with Gasteiger partial charge < -0.3 is 4.57 Å². The summed E-state index contributed by atoms with van der Waals surface area (Å²) in [6.07, 6.45) is 5.04. The molecule has 10 heavy (non-hydrogen) atoms. The van der Waals surface area contributed by atoms with Crippen LogP contribution in [0.5, 0.6) is 0 Å². The Morgan fingerprint density at radius 2 is 2.40 bits per heavy atom. The van der Waals surface area contributed by atoms with Crippen LogP contribution in [0.1, 0.15) is 12.8 Å². The Morgan fingerprint density at radius 3 is 2.90 bits per heavy atom. The minimum atomic E-state index is 0.987. The third-order valence-corrected chi connectivity index (χ3v) is 2.91. The molecule has 0 radical (unpaired) electrons. The Hall–Kier alpha value is 0.01000. The van der Waals surface area contributed by atoms with Crippen molar-refractivity contribution in [3.8, 4) is 0 Å². The molecule has 0 unspecified atom stereocenters. The number of nitrogens with zero attached hydrogens (tertiary/aromatic N) is 1. The molecule has 1 fully saturated rings. The van der Waals surface area contributed by atoms with E-state index in [1.807, 2.05) is 0 Å². The fourth-order valence-electron chi connectivity index (χ4n) is 1.12. The first-order valence-electron chi connectivity index (χ1n) is 3.67. The third-order valence-electron chi connectivity index (χ3n) is 1.93. The summed E-state index contributed by atoms with van der Waals surface area (Å²) in [4.78, 5) is 0. The quantitative estimate of drug-likeness (QED) is 0.707. The van der Waals surface area contributed by atoms with Crippen LogP contribution in [0, 0.1) is 9.62 Å². The standard InChI is InChI=1S/C8H10IN/c9-8-2-1-5-10(8)6-7-3-4-7/h1-2,5,7H,3-4,6H2. The number of rotatable bonds is 2. The largest absolute Gasteiger partial charge is 0.343 e. The molecule has 0 aromatic carbocycles. The highest BCUT2D eigenvalue weighted by atomic mass is 127. The molecule has 0 N–H and O–H groups in total. The zero-order valence-corrected chi connectivity index (χ0v) is 7.91. The van der Waals surface area contributed by atoms with Gasteiger partial charge in [-0.05, 0) is 53.5 Å². The van der Waals surface area contributed by atoms with Gasteiger partial charge in [-0.2, -0.15) is 0 Å². The van der Waals surface area contributed by atoms with Crippen LogP contribution in [0.15, 0.2) is 18.3 Å². The molecule has 0 spiro atoms. The highest BCUT2D eigenvalue weighted by Gasteiger charge is 2.21. The summed E-state index contributed by atoms with van der Waals surface area (Å²) in [5.74, 6) is 0.987. The van der Waals surface area contributed by atoms with Crippen molar-refractivity contribution >= 4 is 22.6 Å². The molecule has 54 valence electrons. The van der Waals surface area contributed by atoms with Crippen molar-refractivity contribution in [2.75, 3.05) is 0 Å². The van der Waals surface area contributed by atoms with E-state index in [0.29, 0.717) is 0 Å². The van der Waals surface area contributed by atoms with Gasteiger partial charge in [0.15, 0.2) is 0 Å². The average Bonchev–Trinajstić information content (AvgIpc) is 2.62. The lowest BCUT2D eigenvalue weighted by molar-refractivity contribution is 0.619. The van der Waals surface area contributed by atoms with Crippen LogP contribution in [0.3, 0.4) is 0 Å². The van der Waals surface area contributed by atoms with E-state index in [1.54, 1.807) is 0 Å². The summed E-state index contributed by atoms with van der Waals surface area (Å²) in [6, 6.07) is 4.27. The Labute approximate surface area is 74.6 Å². The van der Waals surface area contributed by atoms with Gasteiger partial charge in [0.1, 0.15) is 0 Å². The number of aromatic nitrogens is 1. The maximum atomic E-state index is 2.38. The molecular formula is C8H10IN. The second-order valence-electron chi connectivity index (χ2n) is 2.93. The van der Waals surface area contributed by atoms with Crippen LogP contribution >= 0.6 is 22.6 Å². The van der Waals surface area contributed by atoms with Gasteiger partial charge in [0.25, 0.3) is 0 Å². The Bertz CT molecular complexity index is 225. The van der Waals surface area contributed by atoms with Crippen molar-refractivity contribution in [1.29, 1.82) is 0 Å². The molecule has 1 aromatic rings. The van der Waals surface area contributed by atoms with Crippen molar-refractivity contribution in [2.24, 2.45) is 5.92 Å². The van der Waals surface area contributed by atoms with Crippen LogP contribution in [-0.4, -0.2) is 4.57 Å². The Balaban J connectivity index is 2.08. The van der Waals surface area contributed by atoms with E-state index in [-0.39, 0.29) is 0 Å². The van der Waals surface area contributed by atoms with E-state index in [1.165, 1.54) is 23.1 Å². The van der Waals surface area contributed by atoms with Crippen LogP contribution in [0.4, 0.5) is 0 Å². The number of hydrogen-bond donors (Lipinski definition) is 0. The maximum absolute atomic E-state index is 2.38. The van der Waals surface area contributed by atoms with Gasteiger partial charge in [-0.1, -0.05) is 0 Å². The Kier molecular flexibility index (Phi) is 1.72. The van der Waals surface area contributed by atoms with Crippen LogP contribution in [-0.2, 0) is 6.54 Å². The summed E-state index contributed by atoms with van der Waals surface area (Å²) in [5, 5.41) is 0. The van der Waals surface area contributed by atoms with Gasteiger partial charge in [-0.25, -0.2) is 0 Å². The van der Waals surface area contributed by atoms with Crippen LogP contribution in [0.2, 0.25) is 0 Å². The van der Waals surface area contributed by atoms with Crippen molar-refractivity contribution in [3.63, 3.8) is 0 Å². The van der Waals surface area contributed by atoms with E-state index >= 15 is 0 Å². The van der Waals surface area contributed by atoms with E-state index in [0.717, 1.165) is 5.92 Å². The molecule has 1 aliphatic carbocycles. The van der Waals surface area contributed by atoms with E-state index in [9.17, 15) is 0 Å². The first-order valence-corrected chi connectivity index (χ1v) is 4.75. The molecule has 0 atom stereocenters. The highest BCUT2D eigenvalue weighted by molar-refractivity contribution is 14.1. The summed E-state index contributed by atoms with van der Waals surface area (Å²) < 4.78 is 3.70. The zero-order valence-electron chi connectivity index (χ0n) is 5.76. The summed E-state index contributed by atoms with van der Waals surface area (Å²) in [6.45, 7) is 1.24. The fourth-order valence-corrected chi connectivity index (χ4v) is 1.69. The number of halogens is 1. The topological polar surface area (TPSA) is 4.93 Å². The van der Waals surface area contributed by atoms with Gasteiger partial charge in [0.05, 0.1) is 3.70 Å². The van der Waals surface area contributed by atoms with E-state index in [2.05, 4.69) is 45.5 Å². The van der Waals surface area contributed by atoms with Gasteiger partial charge in [0.2, 0.25) is 0 Å². The first kappa shape index (κ1) is 6.70. The molecular weight excluding hydrogens is 237 g/mol. The fraction of sp³-hybridized carbons (Fsp3) is 0.500. The first-order chi connectivity index (χ1) is 4.86. The van der Waals surface area contributed by atoms with Crippen molar-refractivity contribution < 1.29 is 0 Å². The van der Waals surface area contributed by atoms with Crippen LogP contribution in [0.25, 0.3) is 0 Å². The van der Waals surface area contributed by atoms with Gasteiger partial charge in [-0.15, -0.1) is 0 Å². The molecule has 2 rings (SSSR count). The van der Waals surface area contributed by atoms with E-state index < -0.39 is 0 Å². The van der Waals surface area contributed by atoms with Gasteiger partial charge in [0, 0.05) is 12.7 Å². The zero-order chi connectivity index (χ0) is 6.97. The van der Waals surface area contributed by atoms with Gasteiger partial charge in [-0.3, -0.25) is 0 Å². The molecule has 2 heteroatoms. The minimum absolute atomic E-state index is 0.987. The number of hydrogen-bond acceptors (Lipinski definition) is 0. The normalized spacial score (nSPS) is 17.7. The molecule has 0 aliphatic heterocycles. The minimum Gasteiger partial charge on any atom is -0.343 e. The van der Waals surface area contributed by atoms with Crippen LogP contribution < -0.4 is 0 Å². The van der Waals surface area contributed by atoms with Gasteiger partial charge >= 0.3 is 0 Å². The molecule has 0 amide bonds. The van der Waals surface area contributed by atoms with Crippen molar-refractivity contribution in [3.05, 3.63) is 22.0 Å². The second-order valence-corrected chi connectivity index (χ2v) is 4.03. The molecule has 1 saturated carbocycles. The summed E-state index contributed by atoms with van der Waals surface area (Å²) >= 11 is 2.38. The predicted octanol–water partition coefficient (Wildman–Crippen LogP) is 2.50. The van der Waals surface area contributed by atoms with Crippen molar-refractivity contribution in [2.45, 2.75) is 19.4 Å². The lowest BCUT2D eigenvalue weighted by atomic mass is 10.4. The lowest BCUT2D eigenvalue weighted by Gasteiger charge is -2.01. The van der Waals surface area contributed by atoms with E-state index in [4.69, 9.17) is 0 Å². The molecule has 1 aliphatic rings.